The van der Waals surface area contributed by atoms with Crippen LogP contribution in [0.3, 0.4) is 0 Å². The summed E-state index contributed by atoms with van der Waals surface area (Å²) in [7, 11) is 0. The molecule has 1 fully saturated rings. The molecule has 0 radical (unpaired) electrons. The van der Waals surface area contributed by atoms with E-state index in [1.54, 1.807) is 6.92 Å². The first kappa shape index (κ1) is 18.5. The van der Waals surface area contributed by atoms with Crippen molar-refractivity contribution in [1.82, 2.24) is 9.88 Å². The Morgan fingerprint density at radius 3 is 2.92 bits per heavy atom. The summed E-state index contributed by atoms with van der Waals surface area (Å²) in [5.41, 5.74) is 1.61. The number of rotatable bonds is 6. The van der Waals surface area contributed by atoms with E-state index in [-0.39, 0.29) is 12.5 Å². The average Bonchev–Trinajstić information content (AvgIpc) is 2.99. The third kappa shape index (κ3) is 4.25. The fourth-order valence-electron chi connectivity index (χ4n) is 3.58. The lowest BCUT2D eigenvalue weighted by Crippen LogP contribution is -2.36. The highest BCUT2D eigenvalue weighted by Crippen LogP contribution is 2.28. The quantitative estimate of drug-likeness (QED) is 0.777. The van der Waals surface area contributed by atoms with E-state index in [2.05, 4.69) is 22.1 Å². The van der Waals surface area contributed by atoms with Crippen molar-refractivity contribution in [3.8, 4) is 0 Å². The minimum absolute atomic E-state index is 0.0847. The Kier molecular flexibility index (Phi) is 5.93. The number of likely N-dealkylation sites (tertiary alicyclic amines) is 1. The van der Waals surface area contributed by atoms with Gasteiger partial charge in [0, 0.05) is 30.4 Å². The molecule has 0 saturated carbocycles. The molecular formula is C20H27N3O3. The number of amides is 1. The summed E-state index contributed by atoms with van der Waals surface area (Å²) in [5.74, 6) is 0.151. The Morgan fingerprint density at radius 2 is 2.15 bits per heavy atom. The van der Waals surface area contributed by atoms with Crippen molar-refractivity contribution in [2.24, 2.45) is 5.92 Å². The van der Waals surface area contributed by atoms with Crippen LogP contribution < -0.4 is 5.32 Å². The molecule has 2 heterocycles. The smallest absolute Gasteiger partial charge is 0.356 e. The number of anilines is 1. The first-order chi connectivity index (χ1) is 12.6. The number of aromatic amines is 1. The van der Waals surface area contributed by atoms with Crippen molar-refractivity contribution in [1.29, 1.82) is 0 Å². The van der Waals surface area contributed by atoms with Crippen molar-refractivity contribution >= 4 is 28.5 Å². The Bertz CT molecular complexity index is 784. The average molecular weight is 357 g/mol. The molecule has 0 unspecified atom stereocenters. The minimum atomic E-state index is -0.455. The number of piperidine rings is 1. The summed E-state index contributed by atoms with van der Waals surface area (Å²) < 4.78 is 5.12. The maximum atomic E-state index is 12.5. The maximum absolute atomic E-state index is 12.5. The number of hydrogen-bond acceptors (Lipinski definition) is 4. The first-order valence-electron chi connectivity index (χ1n) is 9.38. The van der Waals surface area contributed by atoms with Gasteiger partial charge in [-0.15, -0.1) is 0 Å². The number of nitrogens with zero attached hydrogens (tertiary/aromatic N) is 1. The molecule has 0 aliphatic carbocycles. The van der Waals surface area contributed by atoms with E-state index in [0.717, 1.165) is 30.5 Å². The van der Waals surface area contributed by atoms with E-state index in [1.165, 1.54) is 12.8 Å². The van der Waals surface area contributed by atoms with Crippen LogP contribution in [0.4, 0.5) is 5.69 Å². The summed E-state index contributed by atoms with van der Waals surface area (Å²) in [4.78, 5) is 30.2. The van der Waals surface area contributed by atoms with Crippen molar-refractivity contribution in [2.75, 3.05) is 31.6 Å². The molecule has 1 amide bonds. The van der Waals surface area contributed by atoms with Crippen LogP contribution in [0.1, 0.15) is 43.6 Å². The van der Waals surface area contributed by atoms with Crippen LogP contribution in [0, 0.1) is 5.92 Å². The molecule has 140 valence electrons. The van der Waals surface area contributed by atoms with Gasteiger partial charge in [0.1, 0.15) is 5.69 Å². The molecule has 6 heteroatoms. The van der Waals surface area contributed by atoms with Gasteiger partial charge in [0.05, 0.1) is 12.3 Å². The fraction of sp³-hybridized carbons (Fsp3) is 0.500. The topological polar surface area (TPSA) is 74.4 Å². The van der Waals surface area contributed by atoms with Crippen molar-refractivity contribution in [2.45, 2.75) is 33.1 Å². The monoisotopic (exact) mass is 357 g/mol. The van der Waals surface area contributed by atoms with Crippen LogP contribution in [-0.4, -0.2) is 48.0 Å². The number of benzene rings is 1. The highest BCUT2D eigenvalue weighted by atomic mass is 16.5. The molecule has 1 aromatic carbocycles. The predicted molar refractivity (Wildman–Crippen MR) is 102 cm³/mol. The molecule has 0 spiro atoms. The van der Waals surface area contributed by atoms with E-state index in [4.69, 9.17) is 4.74 Å². The zero-order chi connectivity index (χ0) is 18.5. The Labute approximate surface area is 153 Å². The number of hydrogen-bond donors (Lipinski definition) is 2. The molecular weight excluding hydrogens is 330 g/mol. The van der Waals surface area contributed by atoms with Gasteiger partial charge in [-0.1, -0.05) is 25.1 Å². The molecule has 1 atom stereocenters. The van der Waals surface area contributed by atoms with E-state index >= 15 is 0 Å². The Balaban J connectivity index is 1.71. The lowest BCUT2D eigenvalue weighted by molar-refractivity contribution is -0.116. The molecule has 1 aliphatic rings. The second-order valence-corrected chi connectivity index (χ2v) is 6.99. The van der Waals surface area contributed by atoms with Gasteiger partial charge in [-0.25, -0.2) is 4.79 Å². The standard InChI is InChI=1S/C20H27N3O3/c1-3-26-20(25)19-18(15-8-4-5-9-16(15)21-19)22-17(24)10-12-23-11-6-7-14(2)13-23/h4-5,8-9,14,21H,3,6-7,10-13H2,1-2H3,(H,22,24)/t14-/m0/s1. The number of para-hydroxylation sites is 1. The summed E-state index contributed by atoms with van der Waals surface area (Å²) in [6.45, 7) is 7.15. The summed E-state index contributed by atoms with van der Waals surface area (Å²) in [6.07, 6.45) is 2.87. The molecule has 26 heavy (non-hydrogen) atoms. The summed E-state index contributed by atoms with van der Waals surface area (Å²) in [6, 6.07) is 7.53. The second-order valence-electron chi connectivity index (χ2n) is 6.99. The SMILES string of the molecule is CCOC(=O)c1[nH]c2ccccc2c1NC(=O)CCN1CCC[C@H](C)C1. The number of ether oxygens (including phenoxy) is 1. The molecule has 0 bridgehead atoms. The van der Waals surface area contributed by atoms with E-state index in [9.17, 15) is 9.59 Å². The minimum Gasteiger partial charge on any atom is -0.461 e. The number of H-pyrrole nitrogens is 1. The summed E-state index contributed by atoms with van der Waals surface area (Å²) in [5, 5.41) is 3.74. The molecule has 3 rings (SSSR count). The molecule has 2 N–H and O–H groups in total. The number of esters is 1. The maximum Gasteiger partial charge on any atom is 0.356 e. The molecule has 1 saturated heterocycles. The van der Waals surface area contributed by atoms with Gasteiger partial charge in [-0.3, -0.25) is 4.79 Å². The number of fused-ring (bicyclic) bond motifs is 1. The Morgan fingerprint density at radius 1 is 1.35 bits per heavy atom. The van der Waals surface area contributed by atoms with Crippen LogP contribution >= 0.6 is 0 Å². The number of carbonyl (C=O) groups is 2. The van der Waals surface area contributed by atoms with Gasteiger partial charge in [0.2, 0.25) is 5.91 Å². The van der Waals surface area contributed by atoms with Crippen LogP contribution in [0.5, 0.6) is 0 Å². The second kappa shape index (κ2) is 8.36. The lowest BCUT2D eigenvalue weighted by atomic mass is 10.0. The number of nitrogens with one attached hydrogen (secondary N) is 2. The van der Waals surface area contributed by atoms with Gasteiger partial charge in [0.25, 0.3) is 0 Å². The zero-order valence-corrected chi connectivity index (χ0v) is 15.5. The van der Waals surface area contributed by atoms with Gasteiger partial charge >= 0.3 is 5.97 Å². The van der Waals surface area contributed by atoms with E-state index in [1.807, 2.05) is 24.3 Å². The first-order valence-corrected chi connectivity index (χ1v) is 9.38. The normalized spacial score (nSPS) is 18.0. The largest absolute Gasteiger partial charge is 0.461 e. The molecule has 1 aromatic heterocycles. The van der Waals surface area contributed by atoms with Crippen LogP contribution in [0.15, 0.2) is 24.3 Å². The third-order valence-electron chi connectivity index (χ3n) is 4.85. The lowest BCUT2D eigenvalue weighted by Gasteiger charge is -2.30. The van der Waals surface area contributed by atoms with Gasteiger partial charge in [-0.05, 0) is 38.3 Å². The third-order valence-corrected chi connectivity index (χ3v) is 4.85. The van der Waals surface area contributed by atoms with Gasteiger partial charge in [-0.2, -0.15) is 0 Å². The van der Waals surface area contributed by atoms with Crippen LogP contribution in [-0.2, 0) is 9.53 Å². The number of carbonyl (C=O) groups excluding carboxylic acids is 2. The highest BCUT2D eigenvalue weighted by Gasteiger charge is 2.21. The molecule has 1 aliphatic heterocycles. The van der Waals surface area contributed by atoms with Crippen molar-refractivity contribution in [3.05, 3.63) is 30.0 Å². The van der Waals surface area contributed by atoms with E-state index < -0.39 is 5.97 Å². The summed E-state index contributed by atoms with van der Waals surface area (Å²) >= 11 is 0. The molecule has 6 nitrogen and oxygen atoms in total. The van der Waals surface area contributed by atoms with Crippen molar-refractivity contribution in [3.63, 3.8) is 0 Å². The highest BCUT2D eigenvalue weighted by molar-refractivity contribution is 6.10. The van der Waals surface area contributed by atoms with Crippen LogP contribution in [0.2, 0.25) is 0 Å². The molecule has 2 aromatic rings. The van der Waals surface area contributed by atoms with E-state index in [0.29, 0.717) is 23.7 Å². The number of aromatic nitrogens is 1. The Hall–Kier alpha value is -2.34. The van der Waals surface area contributed by atoms with Gasteiger partial charge in [0.15, 0.2) is 0 Å². The predicted octanol–water partition coefficient (Wildman–Crippen LogP) is 3.41. The zero-order valence-electron chi connectivity index (χ0n) is 15.5. The van der Waals surface area contributed by atoms with Crippen LogP contribution in [0.25, 0.3) is 10.9 Å². The van der Waals surface area contributed by atoms with Crippen molar-refractivity contribution < 1.29 is 14.3 Å². The van der Waals surface area contributed by atoms with Gasteiger partial charge < -0.3 is 19.9 Å². The fourth-order valence-corrected chi connectivity index (χ4v) is 3.58.